The molecule has 2 fully saturated rings. The molecule has 1 aromatic carbocycles. The van der Waals surface area contributed by atoms with Crippen LogP contribution in [0.5, 0.6) is 5.75 Å². The molecule has 12 nitrogen and oxygen atoms in total. The number of amides is 2. The number of carbonyl (C=O) groups is 2. The Kier molecular flexibility index (Phi) is 8.73. The van der Waals surface area contributed by atoms with Crippen molar-refractivity contribution in [2.24, 2.45) is 0 Å². The molecule has 232 valence electrons. The second kappa shape index (κ2) is 12.8. The zero-order chi connectivity index (χ0) is 30.8. The van der Waals surface area contributed by atoms with E-state index in [1.54, 1.807) is 17.2 Å². The number of halogens is 3. The van der Waals surface area contributed by atoms with E-state index in [1.165, 1.54) is 46.0 Å². The number of carbonyl (C=O) groups excluding carboxylic acids is 2. The molecule has 3 aromatic heterocycles. The quantitative estimate of drug-likeness (QED) is 0.313. The standard InChI is InChI=1S/C29H31ClF2N8O4/c1-18-17-43-12-11-39(18)20-5-9-37(10-6-20)25(41)16-38-15-23(35-28(42)22-14-34-40-8-2-7-33-27(22)40)26(36-38)21-13-19(30)3-4-24(21)44-29(31)32/h2-4,7-8,13-15,18,20,29H,5-6,9-12,16-17H2,1H3,(H,35,42)/t18-/m1/s1. The van der Waals surface area contributed by atoms with E-state index < -0.39 is 12.5 Å². The number of anilines is 1. The Labute approximate surface area is 256 Å². The Balaban J connectivity index is 1.24. The Morgan fingerprint density at radius 1 is 1.23 bits per heavy atom. The van der Waals surface area contributed by atoms with Gasteiger partial charge in [0.05, 0.1) is 25.1 Å². The predicted molar refractivity (Wildman–Crippen MR) is 157 cm³/mol. The number of likely N-dealkylation sites (tertiary alicyclic amines) is 1. The van der Waals surface area contributed by atoms with E-state index in [0.29, 0.717) is 44.0 Å². The van der Waals surface area contributed by atoms with E-state index in [1.807, 2.05) is 0 Å². The first kappa shape index (κ1) is 29.9. The molecule has 0 unspecified atom stereocenters. The molecule has 0 spiro atoms. The molecule has 2 aliphatic rings. The number of nitrogens with zero attached hydrogens (tertiary/aromatic N) is 7. The summed E-state index contributed by atoms with van der Waals surface area (Å²) in [6.07, 6.45) is 7.75. The largest absolute Gasteiger partial charge is 0.434 e. The van der Waals surface area contributed by atoms with Crippen molar-refractivity contribution in [2.45, 2.75) is 45.0 Å². The molecule has 0 bridgehead atoms. The number of fused-ring (bicyclic) bond motifs is 1. The molecule has 44 heavy (non-hydrogen) atoms. The van der Waals surface area contributed by atoms with Crippen LogP contribution in [-0.4, -0.2) is 97.5 Å². The van der Waals surface area contributed by atoms with Crippen LogP contribution in [-0.2, 0) is 16.1 Å². The molecule has 1 N–H and O–H groups in total. The number of benzene rings is 1. The number of piperidine rings is 1. The fourth-order valence-corrected chi connectivity index (χ4v) is 6.00. The molecule has 1 atom stereocenters. The van der Waals surface area contributed by atoms with Crippen molar-refractivity contribution in [2.75, 3.05) is 38.2 Å². The lowest BCUT2D eigenvalue weighted by Gasteiger charge is -2.43. The van der Waals surface area contributed by atoms with Gasteiger partial charge in [0.2, 0.25) is 5.91 Å². The summed E-state index contributed by atoms with van der Waals surface area (Å²) < 4.78 is 39.7. The first-order valence-corrected chi connectivity index (χ1v) is 14.7. The summed E-state index contributed by atoms with van der Waals surface area (Å²) in [5, 5.41) is 11.7. The second-order valence-corrected chi connectivity index (χ2v) is 11.2. The van der Waals surface area contributed by atoms with E-state index in [0.717, 1.165) is 19.4 Å². The Morgan fingerprint density at radius 2 is 2.05 bits per heavy atom. The highest BCUT2D eigenvalue weighted by molar-refractivity contribution is 6.31. The number of hydrogen-bond donors (Lipinski definition) is 1. The van der Waals surface area contributed by atoms with Crippen molar-refractivity contribution >= 4 is 34.7 Å². The number of morpholine rings is 1. The molecule has 6 rings (SSSR count). The third-order valence-corrected chi connectivity index (χ3v) is 8.18. The second-order valence-electron chi connectivity index (χ2n) is 10.8. The van der Waals surface area contributed by atoms with Crippen molar-refractivity contribution in [3.63, 3.8) is 0 Å². The summed E-state index contributed by atoms with van der Waals surface area (Å²) in [5.74, 6) is -0.885. The van der Waals surface area contributed by atoms with Crippen molar-refractivity contribution in [3.05, 3.63) is 59.6 Å². The van der Waals surface area contributed by atoms with E-state index >= 15 is 0 Å². The number of ether oxygens (including phenoxy) is 2. The molecule has 2 saturated heterocycles. The average Bonchev–Trinajstić information content (AvgIpc) is 3.62. The van der Waals surface area contributed by atoms with Gasteiger partial charge >= 0.3 is 6.61 Å². The normalized spacial score (nSPS) is 18.2. The summed E-state index contributed by atoms with van der Waals surface area (Å²) in [6, 6.07) is 6.53. The smallest absolute Gasteiger partial charge is 0.387 e. The van der Waals surface area contributed by atoms with E-state index in [9.17, 15) is 18.4 Å². The lowest BCUT2D eigenvalue weighted by Crippen LogP contribution is -2.53. The van der Waals surface area contributed by atoms with Gasteiger partial charge in [0, 0.05) is 60.9 Å². The van der Waals surface area contributed by atoms with Gasteiger partial charge in [0.1, 0.15) is 23.6 Å². The number of rotatable bonds is 8. The van der Waals surface area contributed by atoms with Crippen LogP contribution in [0.25, 0.3) is 16.9 Å². The van der Waals surface area contributed by atoms with Gasteiger partial charge in [-0.2, -0.15) is 19.0 Å². The van der Waals surface area contributed by atoms with E-state index in [-0.39, 0.29) is 45.7 Å². The molecule has 2 aliphatic heterocycles. The van der Waals surface area contributed by atoms with Crippen molar-refractivity contribution < 1.29 is 27.8 Å². The maximum absolute atomic E-state index is 13.4. The Hall–Kier alpha value is -4.14. The first-order chi connectivity index (χ1) is 21.3. The molecular weight excluding hydrogens is 598 g/mol. The maximum Gasteiger partial charge on any atom is 0.387 e. The number of nitrogens with one attached hydrogen (secondary N) is 1. The fraction of sp³-hybridized carbons (Fsp3) is 0.414. The van der Waals surface area contributed by atoms with Crippen LogP contribution in [0.15, 0.2) is 49.1 Å². The van der Waals surface area contributed by atoms with Gasteiger partial charge in [-0.15, -0.1) is 0 Å². The van der Waals surface area contributed by atoms with Gasteiger partial charge in [-0.3, -0.25) is 19.2 Å². The van der Waals surface area contributed by atoms with Gasteiger partial charge in [-0.25, -0.2) is 9.50 Å². The first-order valence-electron chi connectivity index (χ1n) is 14.3. The Bertz CT molecular complexity index is 1660. The molecular formula is C29H31ClF2N8O4. The van der Waals surface area contributed by atoms with Crippen LogP contribution in [0.4, 0.5) is 14.5 Å². The van der Waals surface area contributed by atoms with Crippen LogP contribution < -0.4 is 10.1 Å². The number of hydrogen-bond acceptors (Lipinski definition) is 8. The van der Waals surface area contributed by atoms with Gasteiger partial charge < -0.3 is 19.7 Å². The van der Waals surface area contributed by atoms with Crippen LogP contribution in [0.2, 0.25) is 5.02 Å². The van der Waals surface area contributed by atoms with E-state index in [4.69, 9.17) is 21.1 Å². The molecule has 5 heterocycles. The maximum atomic E-state index is 13.4. The summed E-state index contributed by atoms with van der Waals surface area (Å²) in [7, 11) is 0. The van der Waals surface area contributed by atoms with Crippen molar-refractivity contribution in [1.29, 1.82) is 0 Å². The highest BCUT2D eigenvalue weighted by atomic mass is 35.5. The van der Waals surface area contributed by atoms with Crippen molar-refractivity contribution in [3.8, 4) is 17.0 Å². The molecule has 0 aliphatic carbocycles. The molecule has 0 radical (unpaired) electrons. The van der Waals surface area contributed by atoms with Gasteiger partial charge in [-0.1, -0.05) is 11.6 Å². The molecule has 15 heteroatoms. The van der Waals surface area contributed by atoms with Gasteiger partial charge in [0.15, 0.2) is 5.65 Å². The van der Waals surface area contributed by atoms with Crippen LogP contribution in [0.3, 0.4) is 0 Å². The minimum Gasteiger partial charge on any atom is -0.434 e. The van der Waals surface area contributed by atoms with Crippen molar-refractivity contribution in [1.82, 2.24) is 34.2 Å². The molecule has 0 saturated carbocycles. The monoisotopic (exact) mass is 628 g/mol. The van der Waals surface area contributed by atoms with Crippen LogP contribution in [0.1, 0.15) is 30.1 Å². The molecule has 4 aromatic rings. The fourth-order valence-electron chi connectivity index (χ4n) is 5.82. The average molecular weight is 629 g/mol. The zero-order valence-corrected chi connectivity index (χ0v) is 24.7. The minimum atomic E-state index is -3.11. The summed E-state index contributed by atoms with van der Waals surface area (Å²) >= 11 is 6.22. The summed E-state index contributed by atoms with van der Waals surface area (Å²) in [5.41, 5.74) is 0.910. The number of alkyl halides is 2. The van der Waals surface area contributed by atoms with Gasteiger partial charge in [-0.05, 0) is 44.0 Å². The lowest BCUT2D eigenvalue weighted by atomic mass is 10.0. The topological polar surface area (TPSA) is 119 Å². The predicted octanol–water partition coefficient (Wildman–Crippen LogP) is 3.81. The van der Waals surface area contributed by atoms with Crippen LogP contribution >= 0.6 is 11.6 Å². The summed E-state index contributed by atoms with van der Waals surface area (Å²) in [6.45, 7) is 2.46. The SMILES string of the molecule is C[C@@H]1COCCN1C1CCN(C(=O)Cn2cc(NC(=O)c3cnn4cccnc34)c(-c3cc(Cl)ccc3OC(F)F)n2)CC1. The summed E-state index contributed by atoms with van der Waals surface area (Å²) in [4.78, 5) is 35.2. The van der Waals surface area contributed by atoms with Crippen LogP contribution in [0, 0.1) is 0 Å². The Morgan fingerprint density at radius 3 is 2.82 bits per heavy atom. The third kappa shape index (κ3) is 6.37. The van der Waals surface area contributed by atoms with E-state index in [2.05, 4.69) is 32.3 Å². The zero-order valence-electron chi connectivity index (χ0n) is 23.9. The third-order valence-electron chi connectivity index (χ3n) is 7.95. The van der Waals surface area contributed by atoms with Gasteiger partial charge in [0.25, 0.3) is 5.91 Å². The minimum absolute atomic E-state index is 0.105. The lowest BCUT2D eigenvalue weighted by molar-refractivity contribution is -0.134. The highest BCUT2D eigenvalue weighted by Gasteiger charge is 2.31. The molecule has 2 amide bonds. The number of aromatic nitrogens is 5. The highest BCUT2D eigenvalue weighted by Crippen LogP contribution is 2.37.